The van der Waals surface area contributed by atoms with E-state index in [1.807, 2.05) is 11.8 Å². The molecule has 2 heterocycles. The molecule has 1 aliphatic carbocycles. The minimum Gasteiger partial charge on any atom is -0.469 e. The largest absolute Gasteiger partial charge is 0.469 e. The minimum atomic E-state index is -0.526. The Morgan fingerprint density at radius 2 is 2.32 bits per heavy atom. The van der Waals surface area contributed by atoms with Crippen molar-refractivity contribution in [1.29, 1.82) is 0 Å². The molecule has 0 aromatic carbocycles. The van der Waals surface area contributed by atoms with Gasteiger partial charge in [-0.1, -0.05) is 12.8 Å². The molecule has 4 heteroatoms. The molecule has 1 aliphatic heterocycles. The van der Waals surface area contributed by atoms with E-state index in [9.17, 15) is 9.90 Å². The molecule has 1 saturated heterocycles. The summed E-state index contributed by atoms with van der Waals surface area (Å²) in [5, 5.41) is 10.6. The lowest BCUT2D eigenvalue weighted by Crippen LogP contribution is -2.54. The van der Waals surface area contributed by atoms with Crippen molar-refractivity contribution in [2.75, 3.05) is 13.1 Å². The van der Waals surface area contributed by atoms with Gasteiger partial charge in [-0.2, -0.15) is 0 Å². The van der Waals surface area contributed by atoms with Gasteiger partial charge in [-0.3, -0.25) is 4.79 Å². The van der Waals surface area contributed by atoms with Crippen LogP contribution >= 0.6 is 0 Å². The molecule has 1 saturated carbocycles. The fourth-order valence-corrected chi connectivity index (χ4v) is 3.49. The van der Waals surface area contributed by atoms with E-state index in [-0.39, 0.29) is 11.8 Å². The molecule has 104 valence electrons. The highest BCUT2D eigenvalue weighted by Crippen LogP contribution is 2.40. The van der Waals surface area contributed by atoms with Crippen LogP contribution in [-0.4, -0.2) is 34.6 Å². The second-order valence-electron chi connectivity index (χ2n) is 5.99. The lowest BCUT2D eigenvalue weighted by molar-refractivity contribution is -0.0886. The first-order chi connectivity index (χ1) is 9.08. The molecule has 4 nitrogen and oxygen atoms in total. The van der Waals surface area contributed by atoms with Crippen molar-refractivity contribution in [3.63, 3.8) is 0 Å². The highest BCUT2D eigenvalue weighted by molar-refractivity contribution is 5.94. The third kappa shape index (κ3) is 2.29. The molecule has 19 heavy (non-hydrogen) atoms. The molecule has 2 atom stereocenters. The number of likely N-dealkylation sites (tertiary alicyclic amines) is 1. The first-order valence-electron chi connectivity index (χ1n) is 7.15. The van der Waals surface area contributed by atoms with Gasteiger partial charge in [-0.25, -0.2) is 0 Å². The van der Waals surface area contributed by atoms with Crippen molar-refractivity contribution >= 4 is 5.91 Å². The molecular formula is C15H21NO3. The summed E-state index contributed by atoms with van der Waals surface area (Å²) in [5.41, 5.74) is 0.0974. The molecule has 0 radical (unpaired) electrons. The Balaban J connectivity index is 1.72. The van der Waals surface area contributed by atoms with Gasteiger partial charge in [0.25, 0.3) is 5.91 Å². The summed E-state index contributed by atoms with van der Waals surface area (Å²) >= 11 is 0. The number of carbonyl (C=O) groups is 1. The average molecular weight is 263 g/mol. The van der Waals surface area contributed by atoms with Gasteiger partial charge in [0.15, 0.2) is 0 Å². The SMILES string of the molecule is Cc1cc(C(=O)N2CCC3(O)CCCCC3C2)co1. The van der Waals surface area contributed by atoms with E-state index >= 15 is 0 Å². The number of aryl methyl sites for hydroxylation is 1. The third-order valence-electron chi connectivity index (χ3n) is 4.69. The number of furan rings is 1. The second-order valence-corrected chi connectivity index (χ2v) is 5.99. The molecular weight excluding hydrogens is 242 g/mol. The van der Waals surface area contributed by atoms with E-state index in [2.05, 4.69) is 0 Å². The number of carbonyl (C=O) groups excluding carboxylic acids is 1. The summed E-state index contributed by atoms with van der Waals surface area (Å²) in [7, 11) is 0. The minimum absolute atomic E-state index is 0.0319. The number of amides is 1. The number of rotatable bonds is 1. The number of aliphatic hydroxyl groups is 1. The molecule has 1 aromatic heterocycles. The Morgan fingerprint density at radius 3 is 3.05 bits per heavy atom. The zero-order chi connectivity index (χ0) is 13.5. The van der Waals surface area contributed by atoms with Crippen LogP contribution in [0.25, 0.3) is 0 Å². The maximum absolute atomic E-state index is 12.4. The zero-order valence-corrected chi connectivity index (χ0v) is 11.4. The lowest BCUT2D eigenvalue weighted by Gasteiger charge is -2.47. The van der Waals surface area contributed by atoms with E-state index < -0.39 is 5.60 Å². The molecule has 2 fully saturated rings. The first kappa shape index (κ1) is 12.7. The second kappa shape index (κ2) is 4.67. The summed E-state index contributed by atoms with van der Waals surface area (Å²) < 4.78 is 5.21. The molecule has 0 spiro atoms. The van der Waals surface area contributed by atoms with Crippen LogP contribution in [0.15, 0.2) is 16.7 Å². The van der Waals surface area contributed by atoms with E-state index in [4.69, 9.17) is 4.42 Å². The van der Waals surface area contributed by atoms with Crippen LogP contribution < -0.4 is 0 Å². The fourth-order valence-electron chi connectivity index (χ4n) is 3.49. The topological polar surface area (TPSA) is 53.7 Å². The summed E-state index contributed by atoms with van der Waals surface area (Å²) in [5.74, 6) is 1.03. The van der Waals surface area contributed by atoms with Gasteiger partial charge in [0.05, 0.1) is 11.2 Å². The zero-order valence-electron chi connectivity index (χ0n) is 11.4. The number of piperidine rings is 1. The van der Waals surface area contributed by atoms with Crippen molar-refractivity contribution < 1.29 is 14.3 Å². The van der Waals surface area contributed by atoms with Gasteiger partial charge in [0, 0.05) is 19.0 Å². The molecule has 1 amide bonds. The summed E-state index contributed by atoms with van der Waals surface area (Å²) in [6.45, 7) is 3.17. The Labute approximate surface area is 113 Å². The Kier molecular flexibility index (Phi) is 3.13. The third-order valence-corrected chi connectivity index (χ3v) is 4.69. The van der Waals surface area contributed by atoms with Crippen molar-refractivity contribution in [3.8, 4) is 0 Å². The van der Waals surface area contributed by atoms with Crippen LogP contribution in [0.4, 0.5) is 0 Å². The van der Waals surface area contributed by atoms with Crippen molar-refractivity contribution in [1.82, 2.24) is 4.90 Å². The first-order valence-corrected chi connectivity index (χ1v) is 7.15. The number of hydrogen-bond donors (Lipinski definition) is 1. The Morgan fingerprint density at radius 1 is 1.47 bits per heavy atom. The maximum Gasteiger partial charge on any atom is 0.257 e. The van der Waals surface area contributed by atoms with Gasteiger partial charge in [0.1, 0.15) is 12.0 Å². The van der Waals surface area contributed by atoms with Gasteiger partial charge < -0.3 is 14.4 Å². The summed E-state index contributed by atoms with van der Waals surface area (Å²) in [6, 6.07) is 1.78. The van der Waals surface area contributed by atoms with Crippen LogP contribution in [0.2, 0.25) is 0 Å². The monoisotopic (exact) mass is 263 g/mol. The molecule has 0 bridgehead atoms. The number of fused-ring (bicyclic) bond motifs is 1. The fraction of sp³-hybridized carbons (Fsp3) is 0.667. The summed E-state index contributed by atoms with van der Waals surface area (Å²) in [6.07, 6.45) is 6.44. The normalized spacial score (nSPS) is 31.1. The highest BCUT2D eigenvalue weighted by Gasteiger charge is 2.43. The van der Waals surface area contributed by atoms with Crippen molar-refractivity contribution in [2.24, 2.45) is 5.92 Å². The van der Waals surface area contributed by atoms with Crippen molar-refractivity contribution in [3.05, 3.63) is 23.7 Å². The van der Waals surface area contributed by atoms with Crippen LogP contribution in [0.1, 0.15) is 48.2 Å². The van der Waals surface area contributed by atoms with Gasteiger partial charge in [0.2, 0.25) is 0 Å². The standard InChI is InChI=1S/C15H21NO3/c1-11-8-12(10-19-11)14(17)16-7-6-15(18)5-3-2-4-13(15)9-16/h8,10,13,18H,2-7,9H2,1H3. The molecule has 2 aliphatic rings. The quantitative estimate of drug-likeness (QED) is 0.846. The number of hydrogen-bond acceptors (Lipinski definition) is 3. The average Bonchev–Trinajstić information content (AvgIpc) is 2.83. The molecule has 2 unspecified atom stereocenters. The van der Waals surface area contributed by atoms with Gasteiger partial charge >= 0.3 is 0 Å². The van der Waals surface area contributed by atoms with Gasteiger partial charge in [-0.05, 0) is 32.3 Å². The Hall–Kier alpha value is -1.29. The molecule has 1 aromatic rings. The van der Waals surface area contributed by atoms with Crippen LogP contribution in [0.3, 0.4) is 0 Å². The predicted octanol–water partition coefficient (Wildman–Crippen LogP) is 2.36. The molecule has 1 N–H and O–H groups in total. The molecule has 3 rings (SSSR count). The smallest absolute Gasteiger partial charge is 0.257 e. The van der Waals surface area contributed by atoms with Crippen molar-refractivity contribution in [2.45, 2.75) is 44.6 Å². The highest BCUT2D eigenvalue weighted by atomic mass is 16.3. The van der Waals surface area contributed by atoms with Crippen LogP contribution in [-0.2, 0) is 0 Å². The van der Waals surface area contributed by atoms with Crippen LogP contribution in [0.5, 0.6) is 0 Å². The van der Waals surface area contributed by atoms with E-state index in [1.165, 1.54) is 12.7 Å². The number of nitrogens with zero attached hydrogens (tertiary/aromatic N) is 1. The maximum atomic E-state index is 12.4. The van der Waals surface area contributed by atoms with E-state index in [1.54, 1.807) is 6.07 Å². The Bertz CT molecular complexity index is 481. The van der Waals surface area contributed by atoms with E-state index in [0.29, 0.717) is 25.1 Å². The predicted molar refractivity (Wildman–Crippen MR) is 70.9 cm³/mol. The summed E-state index contributed by atoms with van der Waals surface area (Å²) in [4.78, 5) is 14.2. The van der Waals surface area contributed by atoms with Crippen LogP contribution in [0, 0.1) is 12.8 Å². The lowest BCUT2D eigenvalue weighted by atomic mass is 9.71. The van der Waals surface area contributed by atoms with E-state index in [0.717, 1.165) is 25.0 Å². The van der Waals surface area contributed by atoms with Gasteiger partial charge in [-0.15, -0.1) is 0 Å².